The van der Waals surface area contributed by atoms with Crippen LogP contribution < -0.4 is 11.5 Å². The van der Waals surface area contributed by atoms with Crippen molar-refractivity contribution in [3.05, 3.63) is 58.7 Å². The summed E-state index contributed by atoms with van der Waals surface area (Å²) in [5.74, 6) is 0.501. The van der Waals surface area contributed by atoms with Crippen molar-refractivity contribution in [3.8, 4) is 11.5 Å². The molecule has 1 saturated carbocycles. The van der Waals surface area contributed by atoms with Crippen LogP contribution in [0.4, 0.5) is 0 Å². The number of phenols is 2. The van der Waals surface area contributed by atoms with Gasteiger partial charge in [0.05, 0.1) is 0 Å². The molecular formula is C20H26N2O2. The lowest BCUT2D eigenvalue weighted by atomic mass is 9.65. The van der Waals surface area contributed by atoms with E-state index in [1.807, 2.05) is 24.3 Å². The minimum absolute atomic E-state index is 0.104. The highest BCUT2D eigenvalue weighted by atomic mass is 16.3. The van der Waals surface area contributed by atoms with Crippen LogP contribution in [0.2, 0.25) is 0 Å². The quantitative estimate of drug-likeness (QED) is 0.694. The van der Waals surface area contributed by atoms with E-state index in [1.165, 1.54) is 17.5 Å². The van der Waals surface area contributed by atoms with Gasteiger partial charge in [0.25, 0.3) is 0 Å². The van der Waals surface area contributed by atoms with Crippen molar-refractivity contribution in [1.82, 2.24) is 0 Å². The van der Waals surface area contributed by atoms with Crippen molar-refractivity contribution in [1.29, 1.82) is 0 Å². The molecule has 4 nitrogen and oxygen atoms in total. The molecule has 0 amide bonds. The highest BCUT2D eigenvalue weighted by Gasteiger charge is 2.36. The second kappa shape index (κ2) is 6.83. The van der Waals surface area contributed by atoms with Crippen molar-refractivity contribution in [2.75, 3.05) is 0 Å². The zero-order valence-corrected chi connectivity index (χ0v) is 14.0. The Hall–Kier alpha value is -2.04. The van der Waals surface area contributed by atoms with Crippen molar-refractivity contribution in [2.45, 2.75) is 50.6 Å². The fraction of sp³-hybridized carbons (Fsp3) is 0.400. The lowest BCUT2D eigenvalue weighted by molar-refractivity contribution is 0.344. The maximum Gasteiger partial charge on any atom is 0.120 e. The van der Waals surface area contributed by atoms with Gasteiger partial charge in [-0.05, 0) is 48.2 Å². The zero-order valence-electron chi connectivity index (χ0n) is 14.0. The van der Waals surface area contributed by atoms with E-state index in [1.54, 1.807) is 12.1 Å². The molecule has 0 radical (unpaired) electrons. The molecule has 1 aliphatic carbocycles. The first-order valence-corrected chi connectivity index (χ1v) is 8.65. The second-order valence-electron chi connectivity index (χ2n) is 6.74. The molecule has 0 atom stereocenters. The van der Waals surface area contributed by atoms with Gasteiger partial charge in [0.15, 0.2) is 0 Å². The predicted molar refractivity (Wildman–Crippen MR) is 95.9 cm³/mol. The van der Waals surface area contributed by atoms with Gasteiger partial charge in [-0.2, -0.15) is 0 Å². The summed E-state index contributed by atoms with van der Waals surface area (Å²) in [5, 5.41) is 20.0. The molecule has 0 unspecified atom stereocenters. The van der Waals surface area contributed by atoms with Crippen LogP contribution >= 0.6 is 0 Å². The van der Waals surface area contributed by atoms with E-state index < -0.39 is 0 Å². The molecule has 128 valence electrons. The molecule has 1 aliphatic rings. The molecule has 0 aromatic heterocycles. The normalized spacial score (nSPS) is 16.9. The van der Waals surface area contributed by atoms with E-state index in [4.69, 9.17) is 11.5 Å². The molecule has 2 aromatic carbocycles. The first-order chi connectivity index (χ1) is 11.6. The van der Waals surface area contributed by atoms with E-state index in [2.05, 4.69) is 0 Å². The van der Waals surface area contributed by atoms with E-state index in [9.17, 15) is 10.2 Å². The molecule has 0 saturated heterocycles. The molecule has 24 heavy (non-hydrogen) atoms. The monoisotopic (exact) mass is 326 g/mol. The van der Waals surface area contributed by atoms with E-state index in [0.717, 1.165) is 36.8 Å². The summed E-state index contributed by atoms with van der Waals surface area (Å²) >= 11 is 0. The first kappa shape index (κ1) is 16.8. The number of aromatic hydroxyl groups is 2. The third kappa shape index (κ3) is 2.87. The fourth-order valence-corrected chi connectivity index (χ4v) is 3.99. The Morgan fingerprint density at radius 1 is 0.750 bits per heavy atom. The summed E-state index contributed by atoms with van der Waals surface area (Å²) in [6, 6.07) is 11.6. The van der Waals surface area contributed by atoms with Crippen LogP contribution in [0.3, 0.4) is 0 Å². The standard InChI is InChI=1S/C20H26N2O2/c21-12-14-10-16(4-6-18(14)23)20(8-2-1-3-9-20)17-5-7-19(24)15(11-17)13-22/h4-7,10-11,23-24H,1-3,8-9,12-13,21-22H2. The Morgan fingerprint density at radius 3 is 1.62 bits per heavy atom. The Morgan fingerprint density at radius 2 is 1.21 bits per heavy atom. The molecule has 0 heterocycles. The summed E-state index contributed by atoms with van der Waals surface area (Å²) in [7, 11) is 0. The average Bonchev–Trinajstić information content (AvgIpc) is 2.63. The van der Waals surface area contributed by atoms with Gasteiger partial charge in [0, 0.05) is 29.6 Å². The highest BCUT2D eigenvalue weighted by molar-refractivity contribution is 5.48. The molecule has 2 aromatic rings. The largest absolute Gasteiger partial charge is 0.508 e. The van der Waals surface area contributed by atoms with Crippen LogP contribution in [-0.4, -0.2) is 10.2 Å². The molecule has 0 bridgehead atoms. The highest BCUT2D eigenvalue weighted by Crippen LogP contribution is 2.46. The van der Waals surface area contributed by atoms with Gasteiger partial charge in [0.1, 0.15) is 11.5 Å². The van der Waals surface area contributed by atoms with Gasteiger partial charge < -0.3 is 21.7 Å². The number of hydrogen-bond acceptors (Lipinski definition) is 4. The third-order valence-corrected chi connectivity index (χ3v) is 5.41. The molecule has 1 fully saturated rings. The summed E-state index contributed by atoms with van der Waals surface area (Å²) in [6.07, 6.45) is 5.67. The molecule has 3 rings (SSSR count). The number of benzene rings is 2. The Balaban J connectivity index is 2.15. The van der Waals surface area contributed by atoms with Gasteiger partial charge in [0.2, 0.25) is 0 Å². The minimum Gasteiger partial charge on any atom is -0.508 e. The third-order valence-electron chi connectivity index (χ3n) is 5.41. The summed E-state index contributed by atoms with van der Waals surface area (Å²) in [5.41, 5.74) is 15.4. The molecule has 4 heteroatoms. The SMILES string of the molecule is NCc1cc(C2(c3ccc(O)c(CN)c3)CCCCC2)ccc1O. The van der Waals surface area contributed by atoms with Crippen molar-refractivity contribution in [2.24, 2.45) is 11.5 Å². The van der Waals surface area contributed by atoms with Crippen molar-refractivity contribution >= 4 is 0 Å². The number of hydrogen-bond donors (Lipinski definition) is 4. The Kier molecular flexibility index (Phi) is 4.78. The number of phenolic OH excluding ortho intramolecular Hbond substituents is 2. The van der Waals surface area contributed by atoms with Crippen LogP contribution in [0.5, 0.6) is 11.5 Å². The van der Waals surface area contributed by atoms with Gasteiger partial charge in [-0.3, -0.25) is 0 Å². The van der Waals surface area contributed by atoms with Crippen molar-refractivity contribution in [3.63, 3.8) is 0 Å². The lowest BCUT2D eigenvalue weighted by Gasteiger charge is -2.39. The Bertz CT molecular complexity index is 666. The van der Waals surface area contributed by atoms with Gasteiger partial charge in [-0.25, -0.2) is 0 Å². The molecular weight excluding hydrogens is 300 g/mol. The Labute approximate surface area is 143 Å². The summed E-state index contributed by atoms with van der Waals surface area (Å²) < 4.78 is 0. The van der Waals surface area contributed by atoms with Crippen LogP contribution in [-0.2, 0) is 18.5 Å². The van der Waals surface area contributed by atoms with E-state index >= 15 is 0 Å². The first-order valence-electron chi connectivity index (χ1n) is 8.65. The minimum atomic E-state index is -0.104. The fourth-order valence-electron chi connectivity index (χ4n) is 3.99. The molecule has 6 N–H and O–H groups in total. The van der Waals surface area contributed by atoms with Crippen LogP contribution in [0, 0.1) is 0 Å². The maximum absolute atomic E-state index is 9.98. The van der Waals surface area contributed by atoms with Crippen LogP contribution in [0.15, 0.2) is 36.4 Å². The molecule has 0 aliphatic heterocycles. The van der Waals surface area contributed by atoms with Gasteiger partial charge >= 0.3 is 0 Å². The maximum atomic E-state index is 9.98. The van der Waals surface area contributed by atoms with Gasteiger partial charge in [-0.15, -0.1) is 0 Å². The lowest BCUT2D eigenvalue weighted by Crippen LogP contribution is -2.31. The average molecular weight is 326 g/mol. The van der Waals surface area contributed by atoms with Gasteiger partial charge in [-0.1, -0.05) is 31.4 Å². The predicted octanol–water partition coefficient (Wildman–Crippen LogP) is 3.27. The second-order valence-corrected chi connectivity index (χ2v) is 6.74. The van der Waals surface area contributed by atoms with Crippen molar-refractivity contribution < 1.29 is 10.2 Å². The van der Waals surface area contributed by atoms with E-state index in [-0.39, 0.29) is 16.9 Å². The smallest absolute Gasteiger partial charge is 0.120 e. The molecule has 0 spiro atoms. The topological polar surface area (TPSA) is 92.5 Å². The van der Waals surface area contributed by atoms with Crippen LogP contribution in [0.1, 0.15) is 54.4 Å². The zero-order chi connectivity index (χ0) is 17.2. The van der Waals surface area contributed by atoms with Crippen LogP contribution in [0.25, 0.3) is 0 Å². The van der Waals surface area contributed by atoms with E-state index in [0.29, 0.717) is 13.1 Å². The number of nitrogens with two attached hydrogens (primary N) is 2. The summed E-state index contributed by atoms with van der Waals surface area (Å²) in [6.45, 7) is 0.638. The number of rotatable bonds is 4. The summed E-state index contributed by atoms with van der Waals surface area (Å²) in [4.78, 5) is 0.